The minimum atomic E-state index is -0.545. The standard InChI is InChI=1S/C24H32FN5O3/c1-16-9-10-19(13-26-16)27-22(31)28-20-8-6-7-18(21(20)25)15-29-11-12-30(14-17(29)2)23(32)33-24(3,4)5/h6-10,13,17H,11-12,14-15H2,1-5H3,(H2,27,28,31)/t17-/m1/s1. The van der Waals surface area contributed by atoms with Crippen LogP contribution in [-0.2, 0) is 11.3 Å². The summed E-state index contributed by atoms with van der Waals surface area (Å²) in [6.45, 7) is 11.3. The first-order valence-electron chi connectivity index (χ1n) is 11.0. The highest BCUT2D eigenvalue weighted by Crippen LogP contribution is 2.23. The number of benzene rings is 1. The summed E-state index contributed by atoms with van der Waals surface area (Å²) in [6.07, 6.45) is 1.21. The van der Waals surface area contributed by atoms with Crippen LogP contribution in [0.15, 0.2) is 36.5 Å². The van der Waals surface area contributed by atoms with E-state index in [1.165, 1.54) is 6.07 Å². The Morgan fingerprint density at radius 1 is 1.18 bits per heavy atom. The predicted molar refractivity (Wildman–Crippen MR) is 126 cm³/mol. The van der Waals surface area contributed by atoms with E-state index in [0.717, 1.165) is 5.69 Å². The third-order valence-electron chi connectivity index (χ3n) is 5.29. The van der Waals surface area contributed by atoms with E-state index in [4.69, 9.17) is 4.74 Å². The molecule has 1 aromatic carbocycles. The van der Waals surface area contributed by atoms with Gasteiger partial charge in [0.1, 0.15) is 5.60 Å². The quantitative estimate of drug-likeness (QED) is 0.700. The molecule has 1 saturated heterocycles. The second kappa shape index (κ2) is 10.2. The third kappa shape index (κ3) is 6.89. The second-order valence-electron chi connectivity index (χ2n) is 9.29. The number of hydrogen-bond donors (Lipinski definition) is 2. The molecule has 0 saturated carbocycles. The van der Waals surface area contributed by atoms with E-state index >= 15 is 4.39 Å². The lowest BCUT2D eigenvalue weighted by Crippen LogP contribution is -2.54. The van der Waals surface area contributed by atoms with Crippen LogP contribution in [0.4, 0.5) is 25.4 Å². The summed E-state index contributed by atoms with van der Waals surface area (Å²) in [6, 6.07) is 7.93. The van der Waals surface area contributed by atoms with Crippen LogP contribution in [0.2, 0.25) is 0 Å². The number of carbonyl (C=O) groups is 2. The van der Waals surface area contributed by atoms with E-state index in [-0.39, 0.29) is 17.8 Å². The highest BCUT2D eigenvalue weighted by Gasteiger charge is 2.30. The summed E-state index contributed by atoms with van der Waals surface area (Å²) in [5.41, 5.74) is 1.38. The van der Waals surface area contributed by atoms with Gasteiger partial charge in [0, 0.05) is 43.5 Å². The van der Waals surface area contributed by atoms with Gasteiger partial charge in [-0.3, -0.25) is 9.88 Å². The van der Waals surface area contributed by atoms with Gasteiger partial charge in [0.2, 0.25) is 0 Å². The molecule has 2 heterocycles. The zero-order valence-electron chi connectivity index (χ0n) is 19.8. The van der Waals surface area contributed by atoms with Gasteiger partial charge in [-0.15, -0.1) is 0 Å². The largest absolute Gasteiger partial charge is 0.444 e. The Morgan fingerprint density at radius 2 is 1.94 bits per heavy atom. The highest BCUT2D eigenvalue weighted by atomic mass is 19.1. The summed E-state index contributed by atoms with van der Waals surface area (Å²) in [7, 11) is 0. The average Bonchev–Trinajstić information content (AvgIpc) is 2.72. The molecule has 0 radical (unpaired) electrons. The number of hydrogen-bond acceptors (Lipinski definition) is 5. The maximum atomic E-state index is 15.1. The number of rotatable bonds is 4. The van der Waals surface area contributed by atoms with Gasteiger partial charge < -0.3 is 20.3 Å². The molecular formula is C24H32FN5O3. The third-order valence-corrected chi connectivity index (χ3v) is 5.29. The Balaban J connectivity index is 1.60. The number of carbonyl (C=O) groups excluding carboxylic acids is 2. The molecule has 3 rings (SSSR count). The number of aromatic nitrogens is 1. The van der Waals surface area contributed by atoms with Crippen molar-refractivity contribution in [1.82, 2.24) is 14.8 Å². The van der Waals surface area contributed by atoms with Crippen LogP contribution in [0.1, 0.15) is 39.0 Å². The van der Waals surface area contributed by atoms with Gasteiger partial charge in [0.15, 0.2) is 5.82 Å². The van der Waals surface area contributed by atoms with Crippen LogP contribution in [0.25, 0.3) is 0 Å². The van der Waals surface area contributed by atoms with Crippen molar-refractivity contribution < 1.29 is 18.7 Å². The lowest BCUT2D eigenvalue weighted by Gasteiger charge is -2.40. The first kappa shape index (κ1) is 24.4. The van der Waals surface area contributed by atoms with Gasteiger partial charge in [-0.2, -0.15) is 0 Å². The van der Waals surface area contributed by atoms with Gasteiger partial charge >= 0.3 is 12.1 Å². The van der Waals surface area contributed by atoms with Crippen molar-refractivity contribution in [1.29, 1.82) is 0 Å². The fourth-order valence-corrected chi connectivity index (χ4v) is 3.57. The van der Waals surface area contributed by atoms with Gasteiger partial charge in [0.25, 0.3) is 0 Å². The van der Waals surface area contributed by atoms with Crippen molar-refractivity contribution in [2.24, 2.45) is 0 Å². The molecule has 0 spiro atoms. The lowest BCUT2D eigenvalue weighted by atomic mass is 10.1. The first-order valence-corrected chi connectivity index (χ1v) is 11.0. The lowest BCUT2D eigenvalue weighted by molar-refractivity contribution is 0.00446. The van der Waals surface area contributed by atoms with Gasteiger partial charge in [-0.25, -0.2) is 14.0 Å². The average molecular weight is 458 g/mol. The molecule has 8 nitrogen and oxygen atoms in total. The number of nitrogens with zero attached hydrogens (tertiary/aromatic N) is 3. The van der Waals surface area contributed by atoms with Crippen molar-refractivity contribution in [2.45, 2.75) is 52.8 Å². The molecule has 3 amide bonds. The number of nitrogens with one attached hydrogen (secondary N) is 2. The number of aryl methyl sites for hydroxylation is 1. The van der Waals surface area contributed by atoms with E-state index in [2.05, 4.69) is 20.5 Å². The van der Waals surface area contributed by atoms with Crippen LogP contribution >= 0.6 is 0 Å². The van der Waals surface area contributed by atoms with E-state index < -0.39 is 17.4 Å². The molecule has 2 aromatic rings. The van der Waals surface area contributed by atoms with Crippen molar-refractivity contribution >= 4 is 23.5 Å². The van der Waals surface area contributed by atoms with E-state index in [1.54, 1.807) is 35.4 Å². The molecule has 1 aliphatic rings. The Labute approximate surface area is 194 Å². The summed E-state index contributed by atoms with van der Waals surface area (Å²) in [5, 5.41) is 5.21. The van der Waals surface area contributed by atoms with Crippen LogP contribution in [0.5, 0.6) is 0 Å². The zero-order valence-corrected chi connectivity index (χ0v) is 19.8. The van der Waals surface area contributed by atoms with Gasteiger partial charge in [-0.1, -0.05) is 12.1 Å². The number of halogens is 1. The smallest absolute Gasteiger partial charge is 0.410 e. The highest BCUT2D eigenvalue weighted by molar-refractivity contribution is 5.99. The monoisotopic (exact) mass is 457 g/mol. The molecule has 1 fully saturated rings. The second-order valence-corrected chi connectivity index (χ2v) is 9.29. The zero-order chi connectivity index (χ0) is 24.2. The number of anilines is 2. The fraction of sp³-hybridized carbons (Fsp3) is 0.458. The summed E-state index contributed by atoms with van der Waals surface area (Å²) in [4.78, 5) is 32.6. The van der Waals surface area contributed by atoms with Crippen molar-refractivity contribution in [3.05, 3.63) is 53.6 Å². The minimum Gasteiger partial charge on any atom is -0.444 e. The molecule has 1 aliphatic heterocycles. The van der Waals surface area contributed by atoms with E-state index in [1.807, 2.05) is 34.6 Å². The molecule has 178 valence electrons. The number of pyridine rings is 1. The molecule has 1 aromatic heterocycles. The Hall–Kier alpha value is -3.20. The maximum absolute atomic E-state index is 15.1. The van der Waals surface area contributed by atoms with Crippen molar-refractivity contribution in [2.75, 3.05) is 30.3 Å². The molecule has 33 heavy (non-hydrogen) atoms. The van der Waals surface area contributed by atoms with Crippen molar-refractivity contribution in [3.63, 3.8) is 0 Å². The Bertz CT molecular complexity index is 991. The Kier molecular flexibility index (Phi) is 7.53. The number of amides is 3. The summed E-state index contributed by atoms with van der Waals surface area (Å²) >= 11 is 0. The number of piperazine rings is 1. The predicted octanol–water partition coefficient (Wildman–Crippen LogP) is 4.61. The molecule has 9 heteroatoms. The van der Waals surface area contributed by atoms with Gasteiger partial charge in [0.05, 0.1) is 17.6 Å². The molecule has 2 N–H and O–H groups in total. The molecule has 0 aliphatic carbocycles. The van der Waals surface area contributed by atoms with E-state index in [0.29, 0.717) is 37.4 Å². The summed E-state index contributed by atoms with van der Waals surface area (Å²) in [5.74, 6) is -0.476. The topological polar surface area (TPSA) is 86.8 Å². The Morgan fingerprint density at radius 3 is 2.58 bits per heavy atom. The van der Waals surface area contributed by atoms with Crippen LogP contribution in [0.3, 0.4) is 0 Å². The van der Waals surface area contributed by atoms with Gasteiger partial charge in [-0.05, 0) is 52.8 Å². The van der Waals surface area contributed by atoms with Crippen LogP contribution in [-0.4, -0.2) is 58.2 Å². The number of urea groups is 1. The first-order chi connectivity index (χ1) is 15.5. The normalized spacial score (nSPS) is 16.9. The summed E-state index contributed by atoms with van der Waals surface area (Å²) < 4.78 is 20.6. The van der Waals surface area contributed by atoms with Crippen LogP contribution in [0, 0.1) is 12.7 Å². The fourth-order valence-electron chi connectivity index (χ4n) is 3.57. The number of ether oxygens (including phenoxy) is 1. The molecule has 0 bridgehead atoms. The molecule has 1 atom stereocenters. The van der Waals surface area contributed by atoms with E-state index in [9.17, 15) is 9.59 Å². The van der Waals surface area contributed by atoms with Crippen LogP contribution < -0.4 is 10.6 Å². The molecular weight excluding hydrogens is 425 g/mol. The van der Waals surface area contributed by atoms with Crippen molar-refractivity contribution in [3.8, 4) is 0 Å². The molecule has 0 unspecified atom stereocenters. The minimum absolute atomic E-state index is 0.0274. The maximum Gasteiger partial charge on any atom is 0.410 e. The SMILES string of the molecule is Cc1ccc(NC(=O)Nc2cccc(CN3CCN(C(=O)OC(C)(C)C)C[C@H]3C)c2F)cn1.